The molecule has 4 bridgehead atoms. The smallest absolute Gasteiger partial charge is 0.408 e. The SMILES string of the molecule is COc1ccc2nc3c(cc2c1)O[C@H]1CN(C(=O)[C@H](C(C)(C)C)NC(=O)O[C@@H]2[C@H]4CC[C@H](C4)[C@H]2CCCCC3(F)F)[C@H](C(C)=O)[C@@H]1C. The van der Waals surface area contributed by atoms with Crippen LogP contribution in [0.25, 0.3) is 10.9 Å². The lowest BCUT2D eigenvalue weighted by Crippen LogP contribution is -2.57. The van der Waals surface area contributed by atoms with Crippen molar-refractivity contribution in [2.24, 2.45) is 29.1 Å². The van der Waals surface area contributed by atoms with Gasteiger partial charge in [0.1, 0.15) is 29.7 Å². The van der Waals surface area contributed by atoms with E-state index in [4.69, 9.17) is 14.2 Å². The second kappa shape index (κ2) is 12.5. The Bertz CT molecular complexity index is 1540. The molecular formula is C36H47F2N3O6. The Morgan fingerprint density at radius 1 is 1.09 bits per heavy atom. The van der Waals surface area contributed by atoms with Gasteiger partial charge < -0.3 is 24.4 Å². The van der Waals surface area contributed by atoms with Crippen LogP contribution in [-0.4, -0.2) is 65.6 Å². The largest absolute Gasteiger partial charge is 0.497 e. The molecule has 2 amide bonds. The number of nitrogens with one attached hydrogen (secondary N) is 1. The topological polar surface area (TPSA) is 107 Å². The number of Topliss-reactive ketones (excluding diaryl/α,β-unsaturated/α-hetero) is 1. The van der Waals surface area contributed by atoms with Crippen LogP contribution >= 0.6 is 0 Å². The van der Waals surface area contributed by atoms with Crippen LogP contribution in [0.4, 0.5) is 13.6 Å². The molecule has 3 heterocycles. The van der Waals surface area contributed by atoms with Gasteiger partial charge in [-0.1, -0.05) is 34.1 Å². The van der Waals surface area contributed by atoms with Gasteiger partial charge in [0.25, 0.3) is 5.92 Å². The number of rotatable bonds is 2. The molecule has 0 radical (unpaired) electrons. The summed E-state index contributed by atoms with van der Waals surface area (Å²) in [6.07, 6.45) is 2.30. The second-order valence-electron chi connectivity index (χ2n) is 15.2. The van der Waals surface area contributed by atoms with Crippen LogP contribution in [-0.2, 0) is 20.2 Å². The number of fused-ring (bicyclic) bond motifs is 9. The lowest BCUT2D eigenvalue weighted by Gasteiger charge is -2.36. The Kier molecular flexibility index (Phi) is 8.89. The highest BCUT2D eigenvalue weighted by molar-refractivity contribution is 5.92. The van der Waals surface area contributed by atoms with Gasteiger partial charge in [0.2, 0.25) is 5.91 Å². The van der Waals surface area contributed by atoms with E-state index in [0.717, 1.165) is 19.3 Å². The molecule has 1 N–H and O–H groups in total. The highest BCUT2D eigenvalue weighted by Gasteiger charge is 2.52. The van der Waals surface area contributed by atoms with Gasteiger partial charge in [0.05, 0.1) is 25.2 Å². The Hall–Kier alpha value is -3.50. The number of alkyl carbamates (subject to hydrolysis) is 1. The first-order chi connectivity index (χ1) is 22.2. The molecular weight excluding hydrogens is 608 g/mol. The van der Waals surface area contributed by atoms with E-state index in [1.54, 1.807) is 31.2 Å². The van der Waals surface area contributed by atoms with Gasteiger partial charge in [-0.3, -0.25) is 9.59 Å². The summed E-state index contributed by atoms with van der Waals surface area (Å²) < 4.78 is 50.2. The maximum atomic E-state index is 16.2. The number of benzene rings is 1. The molecule has 2 aliphatic carbocycles. The van der Waals surface area contributed by atoms with E-state index >= 15 is 8.78 Å². The molecule has 8 atom stereocenters. The lowest BCUT2D eigenvalue weighted by atomic mass is 9.82. The Morgan fingerprint density at radius 2 is 1.83 bits per heavy atom. The van der Waals surface area contributed by atoms with Gasteiger partial charge in [0.15, 0.2) is 11.5 Å². The van der Waals surface area contributed by atoms with Crippen LogP contribution in [0.15, 0.2) is 24.3 Å². The summed E-state index contributed by atoms with van der Waals surface area (Å²) in [5.41, 5.74) is -0.780. The van der Waals surface area contributed by atoms with Crippen molar-refractivity contribution in [2.75, 3.05) is 13.7 Å². The van der Waals surface area contributed by atoms with Crippen LogP contribution in [0, 0.1) is 29.1 Å². The molecule has 6 rings (SSSR count). The zero-order valence-electron chi connectivity index (χ0n) is 28.2. The standard InChI is InChI=1S/C36H47F2N3O6/c1-19-28-18-41(29(19)20(2)42)33(43)32(35(3,4)5)40-34(44)47-30-22-11-10-21(15-22)25(30)9-7-8-14-36(37,38)31-27(46-28)17-23-16-24(45-6)12-13-26(23)39-31/h12-13,16-17,19,21-22,25,28-30,32H,7-11,14-15,18H2,1-6H3,(H,40,44)/t19-,21-,22+,25-,28+,29+,30-,32-/m1/s1. The predicted molar refractivity (Wildman–Crippen MR) is 171 cm³/mol. The van der Waals surface area contributed by atoms with E-state index < -0.39 is 59.6 Å². The number of aromatic nitrogens is 1. The van der Waals surface area contributed by atoms with Gasteiger partial charge in [-0.05, 0) is 86.5 Å². The molecule has 2 saturated carbocycles. The number of ether oxygens (including phenoxy) is 3. The van der Waals surface area contributed by atoms with Crippen LogP contribution in [0.1, 0.15) is 85.3 Å². The number of carbonyl (C=O) groups excluding carboxylic acids is 3. The van der Waals surface area contributed by atoms with Crippen molar-refractivity contribution < 1.29 is 37.4 Å². The number of methoxy groups -OCH3 is 1. The number of halogens is 2. The molecule has 0 unspecified atom stereocenters. The summed E-state index contributed by atoms with van der Waals surface area (Å²) in [5.74, 6) is -3.33. The molecule has 2 aliphatic heterocycles. The van der Waals surface area contributed by atoms with E-state index in [9.17, 15) is 14.4 Å². The van der Waals surface area contributed by atoms with Crippen LogP contribution in [0.2, 0.25) is 0 Å². The minimum Gasteiger partial charge on any atom is -0.497 e. The van der Waals surface area contributed by atoms with Gasteiger partial charge in [-0.15, -0.1) is 0 Å². The third-order valence-electron chi connectivity index (χ3n) is 11.0. The normalized spacial score (nSPS) is 32.8. The molecule has 1 aromatic heterocycles. The quantitative estimate of drug-likeness (QED) is 0.386. The summed E-state index contributed by atoms with van der Waals surface area (Å²) in [5, 5.41) is 3.44. The van der Waals surface area contributed by atoms with Crippen LogP contribution < -0.4 is 14.8 Å². The number of carbonyl (C=O) groups is 3. The molecule has 47 heavy (non-hydrogen) atoms. The van der Waals surface area contributed by atoms with Crippen molar-refractivity contribution in [3.63, 3.8) is 0 Å². The minimum atomic E-state index is -3.30. The molecule has 4 aliphatic rings. The average Bonchev–Trinajstić information content (AvgIpc) is 3.70. The fourth-order valence-corrected chi connectivity index (χ4v) is 8.58. The molecule has 3 fully saturated rings. The van der Waals surface area contributed by atoms with Crippen molar-refractivity contribution in [2.45, 2.75) is 110 Å². The van der Waals surface area contributed by atoms with E-state index in [1.807, 2.05) is 20.8 Å². The number of amides is 2. The van der Waals surface area contributed by atoms with Gasteiger partial charge in [-0.2, -0.15) is 8.78 Å². The lowest BCUT2D eigenvalue weighted by molar-refractivity contribution is -0.141. The van der Waals surface area contributed by atoms with E-state index in [1.165, 1.54) is 18.9 Å². The second-order valence-corrected chi connectivity index (χ2v) is 15.2. The minimum absolute atomic E-state index is 0.0246. The number of hydrogen-bond acceptors (Lipinski definition) is 7. The summed E-state index contributed by atoms with van der Waals surface area (Å²) in [6, 6.07) is 4.74. The molecule has 0 spiro atoms. The van der Waals surface area contributed by atoms with Crippen LogP contribution in [0.3, 0.4) is 0 Å². The van der Waals surface area contributed by atoms with E-state index in [-0.39, 0.29) is 42.4 Å². The number of pyridine rings is 1. The maximum Gasteiger partial charge on any atom is 0.408 e. The number of alkyl halides is 2. The monoisotopic (exact) mass is 655 g/mol. The Balaban J connectivity index is 1.42. The van der Waals surface area contributed by atoms with Gasteiger partial charge in [-0.25, -0.2) is 9.78 Å². The third-order valence-corrected chi connectivity index (χ3v) is 11.0. The Morgan fingerprint density at radius 3 is 2.53 bits per heavy atom. The summed E-state index contributed by atoms with van der Waals surface area (Å²) in [7, 11) is 1.53. The van der Waals surface area contributed by atoms with Crippen molar-refractivity contribution >= 4 is 28.7 Å². The predicted octanol–water partition coefficient (Wildman–Crippen LogP) is 6.65. The molecule has 1 saturated heterocycles. The average molecular weight is 656 g/mol. The molecule has 256 valence electrons. The summed E-state index contributed by atoms with van der Waals surface area (Å²) >= 11 is 0. The molecule has 11 heteroatoms. The number of nitrogens with zero attached hydrogens (tertiary/aromatic N) is 2. The summed E-state index contributed by atoms with van der Waals surface area (Å²) in [4.78, 5) is 46.7. The zero-order valence-corrected chi connectivity index (χ0v) is 28.2. The zero-order chi connectivity index (χ0) is 33.8. The number of ketones is 1. The first-order valence-electron chi connectivity index (χ1n) is 17.0. The van der Waals surface area contributed by atoms with Crippen molar-refractivity contribution in [1.29, 1.82) is 0 Å². The van der Waals surface area contributed by atoms with E-state index in [0.29, 0.717) is 35.4 Å². The van der Waals surface area contributed by atoms with Gasteiger partial charge in [0, 0.05) is 17.7 Å². The fraction of sp³-hybridized carbons (Fsp3) is 0.667. The maximum absolute atomic E-state index is 16.2. The molecule has 1 aromatic carbocycles. The fourth-order valence-electron chi connectivity index (χ4n) is 8.58. The first kappa shape index (κ1) is 33.4. The summed E-state index contributed by atoms with van der Waals surface area (Å²) in [6.45, 7) is 8.71. The first-order valence-corrected chi connectivity index (χ1v) is 17.0. The van der Waals surface area contributed by atoms with Crippen LogP contribution in [0.5, 0.6) is 11.5 Å². The van der Waals surface area contributed by atoms with E-state index in [2.05, 4.69) is 10.3 Å². The highest BCUT2D eigenvalue weighted by Crippen LogP contribution is 2.52. The van der Waals surface area contributed by atoms with Gasteiger partial charge >= 0.3 is 6.09 Å². The van der Waals surface area contributed by atoms with Crippen molar-refractivity contribution in [3.05, 3.63) is 30.0 Å². The highest BCUT2D eigenvalue weighted by atomic mass is 19.3. The molecule has 2 aromatic rings. The Labute approximate surface area is 275 Å². The van der Waals surface area contributed by atoms with Crippen molar-refractivity contribution in [1.82, 2.24) is 15.2 Å². The number of hydrogen-bond donors (Lipinski definition) is 1. The molecule has 9 nitrogen and oxygen atoms in total. The van der Waals surface area contributed by atoms with Crippen molar-refractivity contribution in [3.8, 4) is 11.5 Å². The third kappa shape index (κ3) is 6.38.